The molecule has 134 valence electrons. The highest BCUT2D eigenvalue weighted by Crippen LogP contribution is 2.33. The molecule has 0 radical (unpaired) electrons. The molecule has 0 spiro atoms. The second kappa shape index (κ2) is 8.63. The molecular weight excluding hydrogens is 396 g/mol. The number of halogens is 2. The van der Waals surface area contributed by atoms with Gasteiger partial charge in [-0.25, -0.2) is 0 Å². The summed E-state index contributed by atoms with van der Waals surface area (Å²) in [5.74, 6) is -0.0363. The number of carbonyl (C=O) groups is 1. The Morgan fingerprint density at radius 1 is 1.25 bits per heavy atom. The quantitative estimate of drug-likeness (QED) is 0.786. The zero-order valence-corrected chi connectivity index (χ0v) is 15.9. The molecule has 5 nitrogen and oxygen atoms in total. The first-order valence-corrected chi connectivity index (χ1v) is 8.94. The zero-order chi connectivity index (χ0) is 16.3. The SMILES string of the molecule is Cl.NC[C@H]1CC[C@@H](C(=O)NC2(c3ccc(Br)cc3)CCOCC2)O1. The molecule has 2 atom stereocenters. The van der Waals surface area contributed by atoms with E-state index in [0.29, 0.717) is 19.8 Å². The van der Waals surface area contributed by atoms with E-state index >= 15 is 0 Å². The molecule has 1 aromatic carbocycles. The van der Waals surface area contributed by atoms with Gasteiger partial charge in [0.2, 0.25) is 5.91 Å². The van der Waals surface area contributed by atoms with Crippen LogP contribution in [0, 0.1) is 0 Å². The monoisotopic (exact) mass is 418 g/mol. The van der Waals surface area contributed by atoms with Crippen LogP contribution in [0.2, 0.25) is 0 Å². The van der Waals surface area contributed by atoms with Crippen LogP contribution in [0.1, 0.15) is 31.2 Å². The van der Waals surface area contributed by atoms with Crippen LogP contribution in [0.3, 0.4) is 0 Å². The average Bonchev–Trinajstić information content (AvgIpc) is 3.05. The summed E-state index contributed by atoms with van der Waals surface area (Å²) in [5.41, 5.74) is 6.38. The van der Waals surface area contributed by atoms with Crippen LogP contribution in [0.5, 0.6) is 0 Å². The summed E-state index contributed by atoms with van der Waals surface area (Å²) in [6.45, 7) is 1.76. The molecule has 2 fully saturated rings. The number of hydrogen-bond acceptors (Lipinski definition) is 4. The molecule has 2 aliphatic heterocycles. The molecule has 0 bridgehead atoms. The van der Waals surface area contributed by atoms with Crippen LogP contribution in [-0.2, 0) is 19.8 Å². The van der Waals surface area contributed by atoms with Crippen LogP contribution >= 0.6 is 28.3 Å². The van der Waals surface area contributed by atoms with Crippen molar-refractivity contribution in [2.24, 2.45) is 5.73 Å². The number of hydrogen-bond donors (Lipinski definition) is 2. The lowest BCUT2D eigenvalue weighted by molar-refractivity contribution is -0.135. The van der Waals surface area contributed by atoms with Crippen molar-refractivity contribution in [3.8, 4) is 0 Å². The van der Waals surface area contributed by atoms with Crippen molar-refractivity contribution in [3.63, 3.8) is 0 Å². The van der Waals surface area contributed by atoms with Gasteiger partial charge in [-0.15, -0.1) is 12.4 Å². The van der Waals surface area contributed by atoms with Gasteiger partial charge in [-0.05, 0) is 43.4 Å². The molecule has 0 saturated carbocycles. The standard InChI is InChI=1S/C17H23BrN2O3.ClH/c18-13-3-1-12(2-4-13)17(7-9-22-10-8-17)20-16(21)15-6-5-14(11-19)23-15;/h1-4,14-15H,5-11,19H2,(H,20,21);1H/t14-,15+;/m1./s1. The van der Waals surface area contributed by atoms with Gasteiger partial charge in [-0.3, -0.25) is 4.79 Å². The maximum absolute atomic E-state index is 12.7. The fourth-order valence-electron chi connectivity index (χ4n) is 3.36. The molecule has 0 aromatic heterocycles. The van der Waals surface area contributed by atoms with Crippen molar-refractivity contribution in [2.45, 2.75) is 43.4 Å². The van der Waals surface area contributed by atoms with Crippen LogP contribution < -0.4 is 11.1 Å². The molecule has 1 aromatic rings. The number of nitrogens with two attached hydrogens (primary N) is 1. The van der Waals surface area contributed by atoms with Gasteiger partial charge >= 0.3 is 0 Å². The first-order valence-electron chi connectivity index (χ1n) is 8.14. The van der Waals surface area contributed by atoms with E-state index in [9.17, 15) is 4.79 Å². The van der Waals surface area contributed by atoms with Gasteiger partial charge in [0.05, 0.1) is 11.6 Å². The molecule has 0 unspecified atom stereocenters. The molecule has 3 rings (SSSR count). The van der Waals surface area contributed by atoms with Crippen molar-refractivity contribution in [1.82, 2.24) is 5.32 Å². The third-order valence-corrected chi connectivity index (χ3v) is 5.30. The minimum Gasteiger partial charge on any atom is -0.381 e. The molecular formula is C17H24BrClN2O3. The van der Waals surface area contributed by atoms with Crippen molar-refractivity contribution >= 4 is 34.2 Å². The van der Waals surface area contributed by atoms with Gasteiger partial charge < -0.3 is 20.5 Å². The number of nitrogens with one attached hydrogen (secondary N) is 1. The van der Waals surface area contributed by atoms with Gasteiger partial charge in [0, 0.05) is 24.2 Å². The van der Waals surface area contributed by atoms with Crippen molar-refractivity contribution in [1.29, 1.82) is 0 Å². The average molecular weight is 420 g/mol. The number of carbonyl (C=O) groups excluding carboxylic acids is 1. The zero-order valence-electron chi connectivity index (χ0n) is 13.5. The Hall–Kier alpha value is -0.660. The van der Waals surface area contributed by atoms with E-state index in [2.05, 4.69) is 33.4 Å². The molecule has 7 heteroatoms. The first-order chi connectivity index (χ1) is 11.1. The van der Waals surface area contributed by atoms with E-state index < -0.39 is 6.10 Å². The summed E-state index contributed by atoms with van der Waals surface area (Å²) < 4.78 is 12.3. The molecule has 2 saturated heterocycles. The van der Waals surface area contributed by atoms with E-state index in [1.807, 2.05) is 12.1 Å². The van der Waals surface area contributed by atoms with Gasteiger partial charge in [-0.1, -0.05) is 28.1 Å². The lowest BCUT2D eigenvalue weighted by Gasteiger charge is -2.39. The number of rotatable bonds is 4. The lowest BCUT2D eigenvalue weighted by atomic mass is 9.82. The van der Waals surface area contributed by atoms with E-state index in [1.165, 1.54) is 0 Å². The van der Waals surface area contributed by atoms with Crippen LogP contribution in [0.15, 0.2) is 28.7 Å². The lowest BCUT2D eigenvalue weighted by Crippen LogP contribution is -2.52. The largest absolute Gasteiger partial charge is 0.381 e. The maximum Gasteiger partial charge on any atom is 0.249 e. The summed E-state index contributed by atoms with van der Waals surface area (Å²) in [6.07, 6.45) is 2.74. The first kappa shape index (κ1) is 19.7. The van der Waals surface area contributed by atoms with E-state index in [-0.39, 0.29) is 30.0 Å². The predicted octanol–water partition coefficient (Wildman–Crippen LogP) is 2.50. The molecule has 3 N–H and O–H groups in total. The summed E-state index contributed by atoms with van der Waals surface area (Å²) >= 11 is 3.46. The van der Waals surface area contributed by atoms with Crippen LogP contribution in [0.4, 0.5) is 0 Å². The predicted molar refractivity (Wildman–Crippen MR) is 98.2 cm³/mol. The molecule has 0 aliphatic carbocycles. The van der Waals surface area contributed by atoms with Crippen molar-refractivity contribution in [2.75, 3.05) is 19.8 Å². The third-order valence-electron chi connectivity index (χ3n) is 4.77. The fraction of sp³-hybridized carbons (Fsp3) is 0.588. The number of ether oxygens (including phenoxy) is 2. The van der Waals surface area contributed by atoms with E-state index in [0.717, 1.165) is 35.7 Å². The van der Waals surface area contributed by atoms with Crippen molar-refractivity contribution in [3.05, 3.63) is 34.3 Å². The third kappa shape index (κ3) is 4.29. The second-order valence-corrected chi connectivity index (χ2v) is 7.17. The number of benzene rings is 1. The van der Waals surface area contributed by atoms with Crippen LogP contribution in [0.25, 0.3) is 0 Å². The minimum atomic E-state index is -0.390. The Kier molecular flexibility index (Phi) is 7.07. The number of amides is 1. The fourth-order valence-corrected chi connectivity index (χ4v) is 3.63. The Bertz CT molecular complexity index is 549. The van der Waals surface area contributed by atoms with Gasteiger partial charge in [-0.2, -0.15) is 0 Å². The highest BCUT2D eigenvalue weighted by molar-refractivity contribution is 9.10. The van der Waals surface area contributed by atoms with Crippen molar-refractivity contribution < 1.29 is 14.3 Å². The molecule has 24 heavy (non-hydrogen) atoms. The van der Waals surface area contributed by atoms with Gasteiger partial charge in [0.1, 0.15) is 6.10 Å². The Labute approximate surface area is 157 Å². The minimum absolute atomic E-state index is 0. The van der Waals surface area contributed by atoms with Crippen LogP contribution in [-0.4, -0.2) is 37.9 Å². The topological polar surface area (TPSA) is 73.6 Å². The highest BCUT2D eigenvalue weighted by Gasteiger charge is 2.39. The maximum atomic E-state index is 12.7. The molecule has 1 amide bonds. The molecule has 2 heterocycles. The summed E-state index contributed by atoms with van der Waals surface area (Å²) in [5, 5.41) is 3.25. The Morgan fingerprint density at radius 3 is 2.50 bits per heavy atom. The summed E-state index contributed by atoms with van der Waals surface area (Å²) in [4.78, 5) is 12.7. The summed E-state index contributed by atoms with van der Waals surface area (Å²) in [6, 6.07) is 8.15. The van der Waals surface area contributed by atoms with E-state index in [4.69, 9.17) is 15.2 Å². The van der Waals surface area contributed by atoms with E-state index in [1.54, 1.807) is 0 Å². The second-order valence-electron chi connectivity index (χ2n) is 6.25. The van der Waals surface area contributed by atoms with Gasteiger partial charge in [0.25, 0.3) is 0 Å². The highest BCUT2D eigenvalue weighted by atomic mass is 79.9. The Morgan fingerprint density at radius 2 is 1.92 bits per heavy atom. The normalized spacial score (nSPS) is 25.8. The van der Waals surface area contributed by atoms with Gasteiger partial charge in [0.15, 0.2) is 0 Å². The molecule has 2 aliphatic rings. The Balaban J connectivity index is 0.00000208. The summed E-state index contributed by atoms with van der Waals surface area (Å²) in [7, 11) is 0. The smallest absolute Gasteiger partial charge is 0.249 e.